The molecule has 1 saturated heterocycles. The van der Waals surface area contributed by atoms with Gasteiger partial charge in [-0.15, -0.1) is 24.8 Å². The number of benzene rings is 1. The maximum Gasteiger partial charge on any atom is 0.226 e. The minimum Gasteiger partial charge on any atom is -0.342 e. The highest BCUT2D eigenvalue weighted by Gasteiger charge is 2.28. The van der Waals surface area contributed by atoms with E-state index in [0.29, 0.717) is 5.92 Å². The summed E-state index contributed by atoms with van der Waals surface area (Å²) < 4.78 is 0. The van der Waals surface area contributed by atoms with Crippen LogP contribution in [0.1, 0.15) is 32.8 Å². The highest BCUT2D eigenvalue weighted by atomic mass is 35.5. The molecule has 0 aliphatic carbocycles. The summed E-state index contributed by atoms with van der Waals surface area (Å²) in [6.07, 6.45) is 1.17. The summed E-state index contributed by atoms with van der Waals surface area (Å²) in [5.74, 6) is 0.670. The van der Waals surface area contributed by atoms with E-state index in [1.54, 1.807) is 0 Å². The Balaban J connectivity index is 0.00000288. The first kappa shape index (κ1) is 24.2. The first-order valence-electron chi connectivity index (χ1n) is 8.82. The molecule has 4 nitrogen and oxygen atoms in total. The van der Waals surface area contributed by atoms with E-state index in [-0.39, 0.29) is 42.7 Å². The Bertz CT molecular complexity index is 499. The van der Waals surface area contributed by atoms with Crippen molar-refractivity contribution in [3.63, 3.8) is 0 Å². The van der Waals surface area contributed by atoms with Crippen LogP contribution in [0.2, 0.25) is 0 Å². The number of hydrogen-bond donors (Lipinski definition) is 1. The van der Waals surface area contributed by atoms with E-state index in [4.69, 9.17) is 5.73 Å². The Morgan fingerprint density at radius 2 is 1.92 bits per heavy atom. The van der Waals surface area contributed by atoms with Gasteiger partial charge in [-0.05, 0) is 38.3 Å². The fourth-order valence-electron chi connectivity index (χ4n) is 3.25. The van der Waals surface area contributed by atoms with Crippen molar-refractivity contribution >= 4 is 30.7 Å². The Kier molecular flexibility index (Phi) is 11.4. The zero-order chi connectivity index (χ0) is 16.8. The van der Waals surface area contributed by atoms with Crippen molar-refractivity contribution in [2.24, 2.45) is 17.6 Å². The summed E-state index contributed by atoms with van der Waals surface area (Å²) in [6.45, 7) is 10.7. The molecule has 0 spiro atoms. The molecule has 3 unspecified atom stereocenters. The van der Waals surface area contributed by atoms with Crippen LogP contribution in [0.4, 0.5) is 0 Å². The molecule has 1 aliphatic heterocycles. The molecule has 25 heavy (non-hydrogen) atoms. The zero-order valence-corrected chi connectivity index (χ0v) is 17.2. The molecule has 0 bridgehead atoms. The average Bonchev–Trinajstić information content (AvgIpc) is 2.99. The summed E-state index contributed by atoms with van der Waals surface area (Å²) in [5.41, 5.74) is 7.25. The van der Waals surface area contributed by atoms with Gasteiger partial charge in [0.1, 0.15) is 0 Å². The van der Waals surface area contributed by atoms with Crippen LogP contribution in [0.5, 0.6) is 0 Å². The van der Waals surface area contributed by atoms with Crippen molar-refractivity contribution in [1.29, 1.82) is 0 Å². The number of likely N-dealkylation sites (tertiary alicyclic amines) is 1. The number of nitrogens with two attached hydrogens (primary N) is 1. The molecule has 0 radical (unpaired) electrons. The van der Waals surface area contributed by atoms with Crippen molar-refractivity contribution in [3.05, 3.63) is 35.9 Å². The van der Waals surface area contributed by atoms with Gasteiger partial charge < -0.3 is 10.6 Å². The minimum atomic E-state index is -0.100. The number of rotatable bonds is 7. The van der Waals surface area contributed by atoms with Crippen molar-refractivity contribution in [2.75, 3.05) is 26.2 Å². The number of hydrogen-bond acceptors (Lipinski definition) is 3. The Labute approximate surface area is 164 Å². The van der Waals surface area contributed by atoms with Crippen molar-refractivity contribution in [2.45, 2.75) is 39.8 Å². The van der Waals surface area contributed by atoms with Gasteiger partial charge in [0, 0.05) is 32.2 Å². The van der Waals surface area contributed by atoms with Crippen LogP contribution in [0.25, 0.3) is 0 Å². The van der Waals surface area contributed by atoms with Crippen molar-refractivity contribution in [3.8, 4) is 0 Å². The molecular formula is C19H33Cl2N3O. The molecule has 2 rings (SSSR count). The summed E-state index contributed by atoms with van der Waals surface area (Å²) in [4.78, 5) is 17.0. The predicted octanol–water partition coefficient (Wildman–Crippen LogP) is 3.18. The van der Waals surface area contributed by atoms with Crippen LogP contribution in [0, 0.1) is 11.8 Å². The fraction of sp³-hybridized carbons (Fsp3) is 0.632. The molecule has 1 aromatic carbocycles. The van der Waals surface area contributed by atoms with Crippen LogP contribution in [0.3, 0.4) is 0 Å². The van der Waals surface area contributed by atoms with Crippen molar-refractivity contribution in [1.82, 2.24) is 9.80 Å². The van der Waals surface area contributed by atoms with Gasteiger partial charge in [-0.3, -0.25) is 9.69 Å². The molecule has 1 aliphatic rings. The molecule has 2 N–H and O–H groups in total. The van der Waals surface area contributed by atoms with E-state index in [9.17, 15) is 4.79 Å². The van der Waals surface area contributed by atoms with Crippen LogP contribution < -0.4 is 5.73 Å². The van der Waals surface area contributed by atoms with Crippen LogP contribution >= 0.6 is 24.8 Å². The second-order valence-corrected chi connectivity index (χ2v) is 6.90. The lowest BCUT2D eigenvalue weighted by atomic mass is 10.0. The lowest BCUT2D eigenvalue weighted by Gasteiger charge is -2.28. The third kappa shape index (κ3) is 7.14. The normalized spacial score (nSPS) is 19.4. The zero-order valence-electron chi connectivity index (χ0n) is 15.6. The Hall–Kier alpha value is -0.810. The third-order valence-electron chi connectivity index (χ3n) is 4.97. The van der Waals surface area contributed by atoms with E-state index < -0.39 is 0 Å². The molecule has 1 aromatic rings. The average molecular weight is 390 g/mol. The highest BCUT2D eigenvalue weighted by Crippen LogP contribution is 2.20. The van der Waals surface area contributed by atoms with Gasteiger partial charge in [-0.2, -0.15) is 0 Å². The highest BCUT2D eigenvalue weighted by molar-refractivity contribution is 5.85. The van der Waals surface area contributed by atoms with Gasteiger partial charge >= 0.3 is 0 Å². The largest absolute Gasteiger partial charge is 0.342 e. The van der Waals surface area contributed by atoms with E-state index in [2.05, 4.69) is 42.2 Å². The summed E-state index contributed by atoms with van der Waals surface area (Å²) in [6, 6.07) is 10.5. The second kappa shape index (κ2) is 11.7. The lowest BCUT2D eigenvalue weighted by molar-refractivity contribution is -0.135. The first-order chi connectivity index (χ1) is 11.0. The van der Waals surface area contributed by atoms with E-state index in [0.717, 1.165) is 32.7 Å². The molecule has 3 atom stereocenters. The van der Waals surface area contributed by atoms with Crippen LogP contribution in [-0.4, -0.2) is 47.9 Å². The topological polar surface area (TPSA) is 49.6 Å². The fourth-order valence-corrected chi connectivity index (χ4v) is 3.25. The number of amides is 1. The monoisotopic (exact) mass is 389 g/mol. The molecule has 0 saturated carbocycles. The minimum absolute atomic E-state index is 0. The van der Waals surface area contributed by atoms with Gasteiger partial charge in [-0.1, -0.05) is 37.3 Å². The van der Waals surface area contributed by atoms with Crippen LogP contribution in [-0.2, 0) is 11.3 Å². The Morgan fingerprint density at radius 3 is 2.48 bits per heavy atom. The molecule has 0 aromatic heterocycles. The summed E-state index contributed by atoms with van der Waals surface area (Å²) in [5, 5.41) is 0. The number of carbonyl (C=O) groups excluding carboxylic acids is 1. The first-order valence-corrected chi connectivity index (χ1v) is 8.82. The summed E-state index contributed by atoms with van der Waals surface area (Å²) >= 11 is 0. The quantitative estimate of drug-likeness (QED) is 0.778. The molecule has 1 amide bonds. The molecule has 6 heteroatoms. The van der Waals surface area contributed by atoms with E-state index >= 15 is 0 Å². The van der Waals surface area contributed by atoms with E-state index in [1.165, 1.54) is 12.0 Å². The Morgan fingerprint density at radius 1 is 1.28 bits per heavy atom. The van der Waals surface area contributed by atoms with E-state index in [1.807, 2.05) is 18.7 Å². The second-order valence-electron chi connectivity index (χ2n) is 6.90. The maximum absolute atomic E-state index is 12.5. The predicted molar refractivity (Wildman–Crippen MR) is 109 cm³/mol. The third-order valence-corrected chi connectivity index (χ3v) is 4.97. The van der Waals surface area contributed by atoms with Crippen molar-refractivity contribution < 1.29 is 4.79 Å². The van der Waals surface area contributed by atoms with Gasteiger partial charge in [0.15, 0.2) is 0 Å². The number of nitrogens with zero attached hydrogens (tertiary/aromatic N) is 2. The molecular weight excluding hydrogens is 357 g/mol. The molecule has 1 heterocycles. The summed E-state index contributed by atoms with van der Waals surface area (Å²) in [7, 11) is 0. The molecule has 1 fully saturated rings. The SMILES string of the molecule is CCN(CC1CCN(Cc2ccccc2)C1)C(=O)C(C)C(C)N.Cl.Cl. The van der Waals surface area contributed by atoms with Crippen LogP contribution in [0.15, 0.2) is 30.3 Å². The smallest absolute Gasteiger partial charge is 0.226 e. The molecule has 144 valence electrons. The van der Waals surface area contributed by atoms with Gasteiger partial charge in [0.2, 0.25) is 5.91 Å². The number of halogens is 2. The van der Waals surface area contributed by atoms with Gasteiger partial charge in [0.25, 0.3) is 0 Å². The standard InChI is InChI=1S/C19H31N3O.2ClH/c1-4-22(19(23)15(2)16(3)20)14-18-10-11-21(13-18)12-17-8-6-5-7-9-17;;/h5-9,15-16,18H,4,10-14,20H2,1-3H3;2*1H. The lowest BCUT2D eigenvalue weighted by Crippen LogP contribution is -2.43. The maximum atomic E-state index is 12.5. The van der Waals surface area contributed by atoms with Gasteiger partial charge in [0.05, 0.1) is 5.92 Å². The number of carbonyl (C=O) groups is 1. The van der Waals surface area contributed by atoms with Gasteiger partial charge in [-0.25, -0.2) is 0 Å².